The van der Waals surface area contributed by atoms with Gasteiger partial charge in [0.15, 0.2) is 0 Å². The Labute approximate surface area is 288 Å². The van der Waals surface area contributed by atoms with Crippen molar-refractivity contribution in [3.05, 3.63) is 126 Å². The number of hydrogen-bond acceptors (Lipinski definition) is 8. The van der Waals surface area contributed by atoms with Crippen LogP contribution < -0.4 is 16.0 Å². The van der Waals surface area contributed by atoms with Crippen molar-refractivity contribution in [2.24, 2.45) is 0 Å². The quantitative estimate of drug-likeness (QED) is 0.144. The van der Waals surface area contributed by atoms with Gasteiger partial charge in [-0.05, 0) is 81.4 Å². The molecule has 0 saturated heterocycles. The van der Waals surface area contributed by atoms with Crippen molar-refractivity contribution < 1.29 is 22.7 Å². The number of aromatic nitrogens is 3. The molecule has 6 aromatic rings. The van der Waals surface area contributed by atoms with Gasteiger partial charge in [-0.1, -0.05) is 54.1 Å². The van der Waals surface area contributed by atoms with E-state index in [1.807, 2.05) is 12.1 Å². The Morgan fingerprint density at radius 1 is 0.816 bits per heavy atom. The maximum atomic E-state index is 13.6. The van der Waals surface area contributed by atoms with Crippen molar-refractivity contribution in [2.45, 2.75) is 31.3 Å². The van der Waals surface area contributed by atoms with E-state index in [1.165, 1.54) is 16.4 Å². The van der Waals surface area contributed by atoms with Gasteiger partial charge in [-0.15, -0.1) is 0 Å². The van der Waals surface area contributed by atoms with Crippen molar-refractivity contribution in [1.29, 1.82) is 0 Å². The molecule has 2 amide bonds. The number of rotatable bonds is 8. The third-order valence-electron chi connectivity index (χ3n) is 7.15. The Kier molecular flexibility index (Phi) is 9.09. The van der Waals surface area contributed by atoms with Gasteiger partial charge in [0.25, 0.3) is 15.9 Å². The standard InChI is InChI=1S/C36H31ClN6O5S/c1-36(2,3)48-35(45)41-24-18-16-23(17-19-24)33(44)39-25-10-9-11-26(20-25)40-34-38-21-30(37)32(42-34)29-22-43(31-15-8-7-14-28(29)31)49(46,47)27-12-5-4-6-13-27/h4-22H,1-3H3,(H,39,44)(H,41,45)(H,38,40,42). The first kappa shape index (κ1) is 33.2. The van der Waals surface area contributed by atoms with Crippen LogP contribution in [0.4, 0.5) is 27.8 Å². The monoisotopic (exact) mass is 694 g/mol. The van der Waals surface area contributed by atoms with Crippen LogP contribution in [0.25, 0.3) is 22.2 Å². The molecule has 49 heavy (non-hydrogen) atoms. The summed E-state index contributed by atoms with van der Waals surface area (Å²) in [6.45, 7) is 5.32. The molecule has 0 atom stereocenters. The summed E-state index contributed by atoms with van der Waals surface area (Å²) < 4.78 is 33.7. The number of carbonyl (C=O) groups is 2. The molecule has 0 aliphatic carbocycles. The van der Waals surface area contributed by atoms with Crippen LogP contribution in [0.5, 0.6) is 0 Å². The summed E-state index contributed by atoms with van der Waals surface area (Å²) in [5.74, 6) is -0.147. The Bertz CT molecular complexity index is 2290. The fourth-order valence-corrected chi connectivity index (χ4v) is 6.58. The number of nitrogens with zero attached hydrogens (tertiary/aromatic N) is 3. The Hall–Kier alpha value is -5.72. The molecule has 4 aromatic carbocycles. The van der Waals surface area contributed by atoms with Gasteiger partial charge in [-0.25, -0.2) is 27.2 Å². The molecule has 248 valence electrons. The highest BCUT2D eigenvalue weighted by atomic mass is 35.5. The molecule has 0 aliphatic rings. The van der Waals surface area contributed by atoms with E-state index in [0.717, 1.165) is 0 Å². The third-order valence-corrected chi connectivity index (χ3v) is 9.11. The van der Waals surface area contributed by atoms with Crippen LogP contribution in [0.3, 0.4) is 0 Å². The molecule has 0 bridgehead atoms. The molecule has 0 saturated carbocycles. The van der Waals surface area contributed by atoms with E-state index in [4.69, 9.17) is 16.3 Å². The highest BCUT2D eigenvalue weighted by molar-refractivity contribution is 7.90. The Balaban J connectivity index is 1.21. The number of carbonyl (C=O) groups excluding carboxylic acids is 2. The van der Waals surface area contributed by atoms with Crippen LogP contribution in [0.1, 0.15) is 31.1 Å². The van der Waals surface area contributed by atoms with Crippen molar-refractivity contribution >= 4 is 67.5 Å². The molecule has 2 heterocycles. The highest BCUT2D eigenvalue weighted by Crippen LogP contribution is 2.36. The van der Waals surface area contributed by atoms with Crippen LogP contribution in [0, 0.1) is 0 Å². The molecular weight excluding hydrogens is 664 g/mol. The molecule has 0 spiro atoms. The zero-order chi connectivity index (χ0) is 34.8. The van der Waals surface area contributed by atoms with Gasteiger partial charge in [0, 0.05) is 39.8 Å². The Morgan fingerprint density at radius 2 is 1.51 bits per heavy atom. The third kappa shape index (κ3) is 7.56. The molecule has 0 aliphatic heterocycles. The first-order valence-corrected chi connectivity index (χ1v) is 16.9. The second-order valence-corrected chi connectivity index (χ2v) is 14.2. The molecule has 13 heteroatoms. The summed E-state index contributed by atoms with van der Waals surface area (Å²) in [5.41, 5.74) is 2.65. The number of para-hydroxylation sites is 1. The number of amides is 2. The summed E-state index contributed by atoms with van der Waals surface area (Å²) in [7, 11) is -3.91. The first-order valence-electron chi connectivity index (χ1n) is 15.1. The second-order valence-electron chi connectivity index (χ2n) is 11.9. The normalized spacial score (nSPS) is 11.6. The SMILES string of the molecule is CC(C)(C)OC(=O)Nc1ccc(C(=O)Nc2cccc(Nc3ncc(Cl)c(-c4cn(S(=O)(=O)c5ccccc5)c5ccccc45)n3)c2)cc1. The minimum Gasteiger partial charge on any atom is -0.444 e. The summed E-state index contributed by atoms with van der Waals surface area (Å²) in [5, 5.41) is 9.52. The summed E-state index contributed by atoms with van der Waals surface area (Å²) in [4.78, 5) is 34.2. The van der Waals surface area contributed by atoms with E-state index in [2.05, 4.69) is 25.9 Å². The number of hydrogen-bond donors (Lipinski definition) is 3. The van der Waals surface area contributed by atoms with Crippen molar-refractivity contribution in [2.75, 3.05) is 16.0 Å². The average Bonchev–Trinajstić information content (AvgIpc) is 3.46. The van der Waals surface area contributed by atoms with Gasteiger partial charge in [0.1, 0.15) is 5.60 Å². The molecule has 0 radical (unpaired) electrons. The molecule has 0 fully saturated rings. The second kappa shape index (κ2) is 13.4. The predicted octanol–water partition coefficient (Wildman–Crippen LogP) is 8.33. The summed E-state index contributed by atoms with van der Waals surface area (Å²) >= 11 is 6.59. The zero-order valence-corrected chi connectivity index (χ0v) is 28.2. The first-order chi connectivity index (χ1) is 23.4. The number of ether oxygens (including phenoxy) is 1. The van der Waals surface area contributed by atoms with E-state index < -0.39 is 21.7 Å². The fourth-order valence-electron chi connectivity index (χ4n) is 4.99. The summed E-state index contributed by atoms with van der Waals surface area (Å²) in [6, 6.07) is 28.7. The molecule has 0 unspecified atom stereocenters. The minimum atomic E-state index is -3.91. The molecule has 11 nitrogen and oxygen atoms in total. The van der Waals surface area contributed by atoms with Gasteiger partial charge in [0.2, 0.25) is 5.95 Å². The lowest BCUT2D eigenvalue weighted by Crippen LogP contribution is -2.27. The Morgan fingerprint density at radius 3 is 2.24 bits per heavy atom. The fraction of sp³-hybridized carbons (Fsp3) is 0.111. The van der Waals surface area contributed by atoms with Gasteiger partial charge in [-0.3, -0.25) is 10.1 Å². The van der Waals surface area contributed by atoms with Gasteiger partial charge < -0.3 is 15.4 Å². The van der Waals surface area contributed by atoms with Gasteiger partial charge >= 0.3 is 6.09 Å². The minimum absolute atomic E-state index is 0.151. The predicted molar refractivity (Wildman–Crippen MR) is 191 cm³/mol. The van der Waals surface area contributed by atoms with Crippen LogP contribution in [-0.4, -0.2) is 40.0 Å². The average molecular weight is 695 g/mol. The lowest BCUT2D eigenvalue weighted by molar-refractivity contribution is 0.0635. The van der Waals surface area contributed by atoms with E-state index in [9.17, 15) is 18.0 Å². The van der Waals surface area contributed by atoms with Crippen LogP contribution in [-0.2, 0) is 14.8 Å². The maximum absolute atomic E-state index is 13.6. The van der Waals surface area contributed by atoms with Crippen LogP contribution >= 0.6 is 11.6 Å². The lowest BCUT2D eigenvalue weighted by atomic mass is 10.1. The maximum Gasteiger partial charge on any atom is 0.412 e. The molecule has 6 rings (SSSR count). The van der Waals surface area contributed by atoms with Crippen molar-refractivity contribution in [3.63, 3.8) is 0 Å². The van der Waals surface area contributed by atoms with Crippen LogP contribution in [0.2, 0.25) is 5.02 Å². The summed E-state index contributed by atoms with van der Waals surface area (Å²) in [6.07, 6.45) is 2.37. The molecular formula is C36H31ClN6O5S. The number of anilines is 4. The number of benzene rings is 4. The largest absolute Gasteiger partial charge is 0.444 e. The molecule has 2 aromatic heterocycles. The lowest BCUT2D eigenvalue weighted by Gasteiger charge is -2.19. The van der Waals surface area contributed by atoms with Gasteiger partial charge in [0.05, 0.1) is 27.3 Å². The topological polar surface area (TPSA) is 144 Å². The van der Waals surface area contributed by atoms with E-state index in [-0.39, 0.29) is 21.8 Å². The van der Waals surface area contributed by atoms with Crippen LogP contribution in [0.15, 0.2) is 120 Å². The van der Waals surface area contributed by atoms with Crippen molar-refractivity contribution in [3.8, 4) is 11.3 Å². The van der Waals surface area contributed by atoms with Gasteiger partial charge in [-0.2, -0.15) is 0 Å². The number of fused-ring (bicyclic) bond motifs is 1. The smallest absolute Gasteiger partial charge is 0.412 e. The van der Waals surface area contributed by atoms with E-state index in [1.54, 1.807) is 112 Å². The highest BCUT2D eigenvalue weighted by Gasteiger charge is 2.23. The molecule has 3 N–H and O–H groups in total. The number of nitrogens with one attached hydrogen (secondary N) is 3. The van der Waals surface area contributed by atoms with Crippen molar-refractivity contribution in [1.82, 2.24) is 13.9 Å². The van der Waals surface area contributed by atoms with E-state index >= 15 is 0 Å². The zero-order valence-electron chi connectivity index (χ0n) is 26.6. The van der Waals surface area contributed by atoms with E-state index in [0.29, 0.717) is 44.8 Å². The number of halogens is 1.